The summed E-state index contributed by atoms with van der Waals surface area (Å²) >= 11 is 5.91. The van der Waals surface area contributed by atoms with E-state index in [0.717, 1.165) is 0 Å². The average molecular weight is 480 g/mol. The lowest BCUT2D eigenvalue weighted by Crippen LogP contribution is -2.52. The Morgan fingerprint density at radius 2 is 1.88 bits per heavy atom. The van der Waals surface area contributed by atoms with Crippen molar-refractivity contribution >= 4 is 23.3 Å². The smallest absolute Gasteiger partial charge is 0.264 e. The summed E-state index contributed by atoms with van der Waals surface area (Å²) in [5.41, 5.74) is 0.0376. The van der Waals surface area contributed by atoms with Crippen LogP contribution in [0.15, 0.2) is 53.5 Å². The topological polar surface area (TPSA) is 102 Å². The maximum atomic E-state index is 13.1. The van der Waals surface area contributed by atoms with Crippen LogP contribution in [0.5, 0.6) is 11.5 Å². The van der Waals surface area contributed by atoms with E-state index in [9.17, 15) is 14.4 Å². The Morgan fingerprint density at radius 1 is 1.15 bits per heavy atom. The van der Waals surface area contributed by atoms with Crippen molar-refractivity contribution in [2.45, 2.75) is 24.9 Å². The molecule has 0 unspecified atom stereocenters. The molecule has 34 heavy (non-hydrogen) atoms. The molecule has 1 saturated heterocycles. The molecule has 3 aromatic rings. The number of carbonyl (C=O) groups is 2. The largest absolute Gasteiger partial charge is 0.497 e. The molecule has 1 aromatic heterocycles. The summed E-state index contributed by atoms with van der Waals surface area (Å²) in [5, 5.41) is 0.576. The molecule has 0 radical (unpaired) electrons. The summed E-state index contributed by atoms with van der Waals surface area (Å²) in [6, 6.07) is 12.1. The number of aromatic amines is 1. The van der Waals surface area contributed by atoms with Gasteiger partial charge in [0, 0.05) is 48.8 Å². The average Bonchev–Trinajstić information content (AvgIpc) is 2.84. The lowest BCUT2D eigenvalue weighted by Gasteiger charge is -2.43. The first-order valence-electron chi connectivity index (χ1n) is 10.9. The van der Waals surface area contributed by atoms with Gasteiger partial charge in [0.1, 0.15) is 28.5 Å². The summed E-state index contributed by atoms with van der Waals surface area (Å²) < 4.78 is 11.5. The second-order valence-electron chi connectivity index (χ2n) is 8.52. The summed E-state index contributed by atoms with van der Waals surface area (Å²) in [4.78, 5) is 47.0. The number of Topliss-reactive ketones (excluding diaryl/α,β-unsaturated/α-hetero) is 1. The molecule has 1 amide bonds. The second kappa shape index (κ2) is 8.61. The number of H-pyrrole nitrogens is 1. The van der Waals surface area contributed by atoms with Crippen LogP contribution >= 0.6 is 11.6 Å². The zero-order valence-electron chi connectivity index (χ0n) is 18.5. The Bertz CT molecular complexity index is 1330. The Hall–Kier alpha value is -3.65. The Kier molecular flexibility index (Phi) is 5.61. The number of ketones is 1. The number of fused-ring (bicyclic) bond motifs is 1. The van der Waals surface area contributed by atoms with E-state index in [1.807, 2.05) is 0 Å². The fraction of sp³-hybridized carbons (Fsp3) is 0.280. The number of rotatable bonds is 3. The van der Waals surface area contributed by atoms with Crippen LogP contribution in [0.25, 0.3) is 11.4 Å². The number of ether oxygens (including phenoxy) is 2. The van der Waals surface area contributed by atoms with Gasteiger partial charge in [-0.05, 0) is 36.4 Å². The maximum Gasteiger partial charge on any atom is 0.264 e. The van der Waals surface area contributed by atoms with Crippen molar-refractivity contribution in [3.63, 3.8) is 0 Å². The predicted molar refractivity (Wildman–Crippen MR) is 126 cm³/mol. The molecule has 3 heterocycles. The molecule has 174 valence electrons. The fourth-order valence-corrected chi connectivity index (χ4v) is 4.60. The standard InChI is InChI=1S/C25H22ClN3O5/c1-33-17-6-7-18-20(30)13-25(34-21(18)12-17)8-10-29(11-9-25)24(32)19-14-27-22(28-23(19)31)15-2-4-16(26)5-3-15/h2-7,12,14H,8-11,13H2,1H3,(H,27,28,31). The third-order valence-electron chi connectivity index (χ3n) is 6.41. The van der Waals surface area contributed by atoms with Gasteiger partial charge in [0.15, 0.2) is 5.78 Å². The molecule has 1 N–H and O–H groups in total. The number of aromatic nitrogens is 2. The van der Waals surface area contributed by atoms with Crippen LogP contribution in [0.4, 0.5) is 0 Å². The van der Waals surface area contributed by atoms with Crippen LogP contribution in [-0.4, -0.2) is 52.4 Å². The Balaban J connectivity index is 1.30. The van der Waals surface area contributed by atoms with Gasteiger partial charge in [-0.1, -0.05) is 11.6 Å². The lowest BCUT2D eigenvalue weighted by molar-refractivity contribution is -0.00585. The molecule has 5 rings (SSSR count). The highest BCUT2D eigenvalue weighted by atomic mass is 35.5. The lowest BCUT2D eigenvalue weighted by atomic mass is 9.82. The van der Waals surface area contributed by atoms with Crippen molar-refractivity contribution in [1.29, 1.82) is 0 Å². The molecular weight excluding hydrogens is 458 g/mol. The van der Waals surface area contributed by atoms with Crippen LogP contribution in [0.2, 0.25) is 5.02 Å². The van der Waals surface area contributed by atoms with Gasteiger partial charge in [-0.2, -0.15) is 0 Å². The minimum atomic E-state index is -0.670. The SMILES string of the molecule is COc1ccc2c(c1)OC1(CCN(C(=O)c3cnc(-c4ccc(Cl)cc4)[nH]c3=O)CC1)CC2=O. The number of benzene rings is 2. The number of likely N-dealkylation sites (tertiary alicyclic amines) is 1. The molecular formula is C25H22ClN3O5. The van der Waals surface area contributed by atoms with Crippen molar-refractivity contribution in [3.8, 4) is 22.9 Å². The zero-order chi connectivity index (χ0) is 23.9. The van der Waals surface area contributed by atoms with E-state index in [4.69, 9.17) is 21.1 Å². The molecule has 8 nitrogen and oxygen atoms in total. The molecule has 0 aliphatic carbocycles. The van der Waals surface area contributed by atoms with Crippen LogP contribution in [0.3, 0.4) is 0 Å². The highest BCUT2D eigenvalue weighted by molar-refractivity contribution is 6.30. The molecule has 0 atom stereocenters. The first-order valence-corrected chi connectivity index (χ1v) is 11.3. The predicted octanol–water partition coefficient (Wildman–Crippen LogP) is 3.74. The van der Waals surface area contributed by atoms with Crippen molar-refractivity contribution < 1.29 is 19.1 Å². The number of hydrogen-bond acceptors (Lipinski definition) is 6. The van der Waals surface area contributed by atoms with Gasteiger partial charge >= 0.3 is 0 Å². The van der Waals surface area contributed by atoms with E-state index in [0.29, 0.717) is 59.4 Å². The molecule has 1 fully saturated rings. The van der Waals surface area contributed by atoms with Crippen molar-refractivity contribution in [1.82, 2.24) is 14.9 Å². The summed E-state index contributed by atoms with van der Waals surface area (Å²) in [6.07, 6.45) is 2.52. The minimum absolute atomic E-state index is 0.0158. The minimum Gasteiger partial charge on any atom is -0.497 e. The van der Waals surface area contributed by atoms with E-state index in [-0.39, 0.29) is 17.8 Å². The normalized spacial score (nSPS) is 16.6. The molecule has 2 aromatic carbocycles. The van der Waals surface area contributed by atoms with Crippen molar-refractivity contribution in [2.24, 2.45) is 0 Å². The Labute approximate surface area is 200 Å². The second-order valence-corrected chi connectivity index (χ2v) is 8.96. The Morgan fingerprint density at radius 3 is 2.56 bits per heavy atom. The van der Waals surface area contributed by atoms with E-state index in [2.05, 4.69) is 9.97 Å². The fourth-order valence-electron chi connectivity index (χ4n) is 4.47. The highest BCUT2D eigenvalue weighted by Gasteiger charge is 2.44. The van der Waals surface area contributed by atoms with Gasteiger partial charge in [-0.25, -0.2) is 4.98 Å². The quantitative estimate of drug-likeness (QED) is 0.614. The molecule has 2 aliphatic rings. The van der Waals surface area contributed by atoms with Gasteiger partial charge in [0.25, 0.3) is 11.5 Å². The molecule has 1 spiro atoms. The van der Waals surface area contributed by atoms with E-state index in [1.165, 1.54) is 6.20 Å². The number of amides is 1. The van der Waals surface area contributed by atoms with Crippen molar-refractivity contribution in [3.05, 3.63) is 75.2 Å². The number of halogens is 1. The van der Waals surface area contributed by atoms with Crippen LogP contribution in [0.1, 0.15) is 40.0 Å². The molecule has 0 saturated carbocycles. The number of nitrogens with zero attached hydrogens (tertiary/aromatic N) is 2. The summed E-state index contributed by atoms with van der Waals surface area (Å²) in [5.74, 6) is 1.11. The number of carbonyl (C=O) groups excluding carboxylic acids is 2. The molecule has 9 heteroatoms. The zero-order valence-corrected chi connectivity index (χ0v) is 19.2. The van der Waals surface area contributed by atoms with Crippen LogP contribution in [-0.2, 0) is 0 Å². The number of methoxy groups -OCH3 is 1. The van der Waals surface area contributed by atoms with Gasteiger partial charge in [0.2, 0.25) is 0 Å². The van der Waals surface area contributed by atoms with E-state index in [1.54, 1.807) is 54.5 Å². The van der Waals surface area contributed by atoms with Gasteiger partial charge in [-0.3, -0.25) is 14.4 Å². The van der Waals surface area contributed by atoms with Gasteiger partial charge in [-0.15, -0.1) is 0 Å². The van der Waals surface area contributed by atoms with E-state index >= 15 is 0 Å². The van der Waals surface area contributed by atoms with Crippen LogP contribution < -0.4 is 15.0 Å². The number of nitrogens with one attached hydrogen (secondary N) is 1. The first kappa shape index (κ1) is 22.2. The van der Waals surface area contributed by atoms with Crippen molar-refractivity contribution in [2.75, 3.05) is 20.2 Å². The third-order valence-corrected chi connectivity index (χ3v) is 6.66. The third kappa shape index (κ3) is 4.05. The monoisotopic (exact) mass is 479 g/mol. The summed E-state index contributed by atoms with van der Waals surface area (Å²) in [7, 11) is 1.56. The van der Waals surface area contributed by atoms with E-state index < -0.39 is 17.1 Å². The number of piperidine rings is 1. The maximum absolute atomic E-state index is 13.1. The summed E-state index contributed by atoms with van der Waals surface area (Å²) in [6.45, 7) is 0.730. The number of hydrogen-bond donors (Lipinski definition) is 1. The molecule has 0 bridgehead atoms. The highest BCUT2D eigenvalue weighted by Crippen LogP contribution is 2.40. The van der Waals surface area contributed by atoms with Crippen LogP contribution in [0, 0.1) is 0 Å². The first-order chi connectivity index (χ1) is 16.4. The van der Waals surface area contributed by atoms with Gasteiger partial charge < -0.3 is 19.4 Å². The van der Waals surface area contributed by atoms with Gasteiger partial charge in [0.05, 0.1) is 19.1 Å². The molecule has 2 aliphatic heterocycles.